The van der Waals surface area contributed by atoms with Gasteiger partial charge in [-0.2, -0.15) is 18.3 Å². The van der Waals surface area contributed by atoms with Gasteiger partial charge in [-0.15, -0.1) is 0 Å². The molecular weight excluding hydrogens is 137 g/mol. The molecular formula is C4H6F3O2. The Kier molecular flexibility index (Phi) is 2.93. The third-order valence-corrected chi connectivity index (χ3v) is 0.687. The van der Waals surface area contributed by atoms with Gasteiger partial charge >= 0.3 is 12.7 Å². The zero-order chi connectivity index (χ0) is 7.49. The van der Waals surface area contributed by atoms with Gasteiger partial charge in [-0.25, -0.2) is 0 Å². The van der Waals surface area contributed by atoms with Gasteiger partial charge in [0.15, 0.2) is 0 Å². The second-order valence-corrected chi connectivity index (χ2v) is 1.39. The molecule has 0 aliphatic heterocycles. The molecule has 0 heterocycles. The molecule has 0 fully saturated rings. The third-order valence-electron chi connectivity index (χ3n) is 0.687. The summed E-state index contributed by atoms with van der Waals surface area (Å²) in [6, 6.07) is -3.44. The summed E-state index contributed by atoms with van der Waals surface area (Å²) in [5.41, 5.74) is 0. The molecule has 0 amide bonds. The van der Waals surface area contributed by atoms with Crippen LogP contribution in [0.3, 0.4) is 0 Å². The van der Waals surface area contributed by atoms with Crippen LogP contribution in [0.15, 0.2) is 0 Å². The topological polar surface area (TPSA) is 29.1 Å². The molecule has 2 nitrogen and oxygen atoms in total. The molecule has 1 atom stereocenters. The standard InChI is InChI=1S/C4H6F3O2/c1-2-4(7,8)9-3(5)6/h3H,2H2,1H3. The maximum atomic E-state index is 11.8. The number of alkyl halides is 3. The van der Waals surface area contributed by atoms with Crippen molar-refractivity contribution in [3.63, 3.8) is 0 Å². The van der Waals surface area contributed by atoms with Crippen LogP contribution in [0.25, 0.3) is 0 Å². The number of rotatable bonds is 3. The third kappa shape index (κ3) is 4.23. The Bertz CT molecular complexity index is 83.9. The fourth-order valence-corrected chi connectivity index (χ4v) is 0.216. The molecule has 9 heavy (non-hydrogen) atoms. The average Bonchev–Trinajstić information content (AvgIpc) is 1.63. The first-order valence-electron chi connectivity index (χ1n) is 2.33. The predicted molar refractivity (Wildman–Crippen MR) is 21.9 cm³/mol. The summed E-state index contributed by atoms with van der Waals surface area (Å²) in [5.74, 6) is 0. The van der Waals surface area contributed by atoms with Crippen molar-refractivity contribution in [2.45, 2.75) is 26.0 Å². The van der Waals surface area contributed by atoms with Crippen LogP contribution >= 0.6 is 0 Å². The van der Waals surface area contributed by atoms with E-state index < -0.39 is 19.1 Å². The van der Waals surface area contributed by atoms with Gasteiger partial charge < -0.3 is 0 Å². The van der Waals surface area contributed by atoms with Gasteiger partial charge in [0.05, 0.1) is 0 Å². The van der Waals surface area contributed by atoms with Crippen LogP contribution in [-0.4, -0.2) is 12.7 Å². The van der Waals surface area contributed by atoms with Gasteiger partial charge in [-0.3, -0.25) is 4.74 Å². The van der Waals surface area contributed by atoms with Crippen molar-refractivity contribution in [1.82, 2.24) is 0 Å². The smallest absolute Gasteiger partial charge is 0.260 e. The average molecular weight is 143 g/mol. The summed E-state index contributed by atoms with van der Waals surface area (Å²) >= 11 is 0. The molecule has 0 bridgehead atoms. The Balaban J connectivity index is 3.58. The van der Waals surface area contributed by atoms with Gasteiger partial charge in [0.2, 0.25) is 0 Å². The highest BCUT2D eigenvalue weighted by Gasteiger charge is 2.30. The normalized spacial score (nSPS) is 18.0. The molecule has 55 valence electrons. The monoisotopic (exact) mass is 143 g/mol. The first kappa shape index (κ1) is 8.71. The van der Waals surface area contributed by atoms with E-state index in [0.29, 0.717) is 0 Å². The second-order valence-electron chi connectivity index (χ2n) is 1.39. The number of ether oxygens (including phenoxy) is 1. The van der Waals surface area contributed by atoms with E-state index in [1.54, 1.807) is 0 Å². The molecule has 0 aliphatic carbocycles. The van der Waals surface area contributed by atoms with Crippen molar-refractivity contribution in [2.24, 2.45) is 0 Å². The van der Waals surface area contributed by atoms with Gasteiger partial charge in [0.1, 0.15) is 0 Å². The summed E-state index contributed by atoms with van der Waals surface area (Å²) in [7, 11) is 0. The minimum absolute atomic E-state index is 0.628. The van der Waals surface area contributed by atoms with E-state index >= 15 is 0 Å². The van der Waals surface area contributed by atoms with Crippen LogP contribution < -0.4 is 0 Å². The van der Waals surface area contributed by atoms with Crippen molar-refractivity contribution < 1.29 is 23.0 Å². The molecule has 0 saturated carbocycles. The lowest BCUT2D eigenvalue weighted by molar-refractivity contribution is -0.379. The van der Waals surface area contributed by atoms with E-state index in [0.717, 1.165) is 6.92 Å². The Labute approximate surface area is 50.2 Å². The lowest BCUT2D eigenvalue weighted by Crippen LogP contribution is -2.25. The van der Waals surface area contributed by atoms with Crippen LogP contribution in [0.1, 0.15) is 13.3 Å². The molecule has 0 aromatic heterocycles. The summed E-state index contributed by atoms with van der Waals surface area (Å²) in [6.45, 7) is -2.22. The van der Waals surface area contributed by atoms with E-state index in [9.17, 15) is 18.3 Å². The van der Waals surface area contributed by atoms with Gasteiger partial charge in [0.25, 0.3) is 0 Å². The van der Waals surface area contributed by atoms with Gasteiger partial charge in [0, 0.05) is 6.42 Å². The highest BCUT2D eigenvalue weighted by Crippen LogP contribution is 2.17. The number of halogens is 3. The highest BCUT2D eigenvalue weighted by molar-refractivity contribution is 4.43. The number of hydrogen-bond donors (Lipinski definition) is 0. The van der Waals surface area contributed by atoms with E-state index in [2.05, 4.69) is 4.74 Å². The molecule has 5 heteroatoms. The molecule has 0 saturated heterocycles. The Morgan fingerprint density at radius 2 is 2.11 bits per heavy atom. The lowest BCUT2D eigenvalue weighted by Gasteiger charge is -2.12. The minimum Gasteiger partial charge on any atom is -0.260 e. The van der Waals surface area contributed by atoms with E-state index in [1.807, 2.05) is 0 Å². The van der Waals surface area contributed by atoms with Crippen molar-refractivity contribution >= 4 is 0 Å². The summed E-state index contributed by atoms with van der Waals surface area (Å²) in [4.78, 5) is 0. The molecule has 0 aromatic carbocycles. The minimum atomic E-state index is -3.44. The molecule has 1 radical (unpaired) electrons. The fourth-order valence-electron chi connectivity index (χ4n) is 0.216. The van der Waals surface area contributed by atoms with Crippen LogP contribution in [0, 0.1) is 0 Å². The second kappa shape index (κ2) is 3.03. The molecule has 0 aromatic rings. The zero-order valence-corrected chi connectivity index (χ0v) is 4.73. The number of hydrogen-bond acceptors (Lipinski definition) is 1. The summed E-state index contributed by atoms with van der Waals surface area (Å²) in [6.07, 6.45) is -0.628. The highest BCUT2D eigenvalue weighted by atomic mass is 19.3. The lowest BCUT2D eigenvalue weighted by atomic mass is 10.4. The largest absolute Gasteiger partial charge is 0.351 e. The summed E-state index contributed by atoms with van der Waals surface area (Å²) in [5, 5.41) is 9.91. The Hall–Kier alpha value is -0.290. The summed E-state index contributed by atoms with van der Waals surface area (Å²) < 4.78 is 37.0. The van der Waals surface area contributed by atoms with E-state index in [4.69, 9.17) is 0 Å². The van der Waals surface area contributed by atoms with Crippen LogP contribution in [0.5, 0.6) is 0 Å². The van der Waals surface area contributed by atoms with Crippen molar-refractivity contribution in [2.75, 3.05) is 0 Å². The maximum absolute atomic E-state index is 11.8. The van der Waals surface area contributed by atoms with E-state index in [-0.39, 0.29) is 0 Å². The molecule has 0 rings (SSSR count). The molecule has 1 unspecified atom stereocenters. The zero-order valence-electron chi connectivity index (χ0n) is 4.73. The molecule has 0 spiro atoms. The van der Waals surface area contributed by atoms with Crippen molar-refractivity contribution in [3.8, 4) is 0 Å². The Morgan fingerprint density at radius 1 is 1.67 bits per heavy atom. The molecule has 0 aliphatic rings. The van der Waals surface area contributed by atoms with Crippen molar-refractivity contribution in [1.29, 1.82) is 0 Å². The fraction of sp³-hybridized carbons (Fsp3) is 1.00. The van der Waals surface area contributed by atoms with Crippen LogP contribution in [0.4, 0.5) is 13.2 Å². The molecule has 0 N–H and O–H groups in total. The van der Waals surface area contributed by atoms with Gasteiger partial charge in [-0.05, 0) is 0 Å². The quantitative estimate of drug-likeness (QED) is 0.552. The van der Waals surface area contributed by atoms with Gasteiger partial charge in [-0.1, -0.05) is 6.92 Å². The SMILES string of the molecule is CCC([O])(F)OC(F)F. The first-order valence-corrected chi connectivity index (χ1v) is 2.33. The van der Waals surface area contributed by atoms with Crippen LogP contribution in [0.2, 0.25) is 0 Å². The first-order chi connectivity index (χ1) is 3.98. The maximum Gasteiger partial charge on any atom is 0.351 e. The van der Waals surface area contributed by atoms with Crippen molar-refractivity contribution in [3.05, 3.63) is 0 Å². The predicted octanol–water partition coefficient (Wildman–Crippen LogP) is 1.69. The Morgan fingerprint density at radius 3 is 2.22 bits per heavy atom. The van der Waals surface area contributed by atoms with E-state index in [1.165, 1.54) is 0 Å². The van der Waals surface area contributed by atoms with Crippen LogP contribution in [-0.2, 0) is 9.84 Å².